The predicted octanol–water partition coefficient (Wildman–Crippen LogP) is 4.94. The van der Waals surface area contributed by atoms with Crippen LogP contribution < -0.4 is 16.0 Å². The van der Waals surface area contributed by atoms with E-state index in [2.05, 4.69) is 23.3 Å². The Labute approximate surface area is 174 Å². The number of amides is 1. The Morgan fingerprint density at radius 2 is 1.67 bits per heavy atom. The average molecular weight is 410 g/mol. The van der Waals surface area contributed by atoms with Gasteiger partial charge in [-0.2, -0.15) is 0 Å². The topological polar surface area (TPSA) is 58.4 Å². The van der Waals surface area contributed by atoms with Gasteiger partial charge in [0.05, 0.1) is 11.4 Å². The summed E-state index contributed by atoms with van der Waals surface area (Å²) in [5, 5.41) is 3.05. The Hall–Kier alpha value is -1.75. The first-order valence-corrected chi connectivity index (χ1v) is 9.07. The van der Waals surface area contributed by atoms with Crippen LogP contribution in [0, 0.1) is 0 Å². The fourth-order valence-corrected chi connectivity index (χ4v) is 3.59. The molecule has 1 unspecified atom stereocenters. The predicted molar refractivity (Wildman–Crippen MR) is 118 cm³/mol. The molecule has 0 radical (unpaired) electrons. The number of nitrogens with zero attached hydrogens (tertiary/aromatic N) is 1. The van der Waals surface area contributed by atoms with Crippen molar-refractivity contribution in [3.8, 4) is 0 Å². The molecular weight excluding hydrogens is 381 g/mol. The molecule has 0 spiro atoms. The van der Waals surface area contributed by atoms with Gasteiger partial charge < -0.3 is 16.0 Å². The molecule has 6 heteroatoms. The number of carbonyl (C=O) groups is 1. The van der Waals surface area contributed by atoms with Crippen molar-refractivity contribution >= 4 is 42.1 Å². The Balaban J connectivity index is 0.00000182. The van der Waals surface area contributed by atoms with Crippen LogP contribution >= 0.6 is 24.8 Å². The molecule has 4 nitrogen and oxygen atoms in total. The van der Waals surface area contributed by atoms with Crippen LogP contribution in [0.25, 0.3) is 0 Å². The summed E-state index contributed by atoms with van der Waals surface area (Å²) in [7, 11) is 2.12. The molecule has 2 aromatic carbocycles. The van der Waals surface area contributed by atoms with Gasteiger partial charge in [-0.25, -0.2) is 0 Å². The standard InChI is InChI=1S/C21H27N3O.2ClH/c1-24(17-11-5-6-12-17)20-14-8-7-13-19(20)23-21(25)15-18(22)16-9-3-2-4-10-16;;/h2-4,7-10,13-14,17-18H,5-6,11-12,15,22H2,1H3,(H,23,25);2*1H. The lowest BCUT2D eigenvalue weighted by molar-refractivity contribution is -0.116. The van der Waals surface area contributed by atoms with Crippen LogP contribution in [0.5, 0.6) is 0 Å². The first-order valence-electron chi connectivity index (χ1n) is 9.07. The molecule has 0 aromatic heterocycles. The summed E-state index contributed by atoms with van der Waals surface area (Å²) in [6.07, 6.45) is 5.28. The molecular formula is C21H29Cl2N3O. The van der Waals surface area contributed by atoms with E-state index in [0.29, 0.717) is 6.04 Å². The maximum atomic E-state index is 12.5. The molecule has 1 saturated carbocycles. The molecule has 1 atom stereocenters. The minimum absolute atomic E-state index is 0. The van der Waals surface area contributed by atoms with Gasteiger partial charge in [-0.15, -0.1) is 24.8 Å². The molecule has 1 fully saturated rings. The molecule has 27 heavy (non-hydrogen) atoms. The lowest BCUT2D eigenvalue weighted by Gasteiger charge is -2.28. The van der Waals surface area contributed by atoms with E-state index in [0.717, 1.165) is 16.9 Å². The zero-order valence-corrected chi connectivity index (χ0v) is 17.3. The van der Waals surface area contributed by atoms with Crippen molar-refractivity contribution in [3.05, 3.63) is 60.2 Å². The largest absolute Gasteiger partial charge is 0.370 e. The molecule has 0 bridgehead atoms. The molecule has 1 aliphatic rings. The number of benzene rings is 2. The third-order valence-electron chi connectivity index (χ3n) is 5.06. The fraction of sp³-hybridized carbons (Fsp3) is 0.381. The summed E-state index contributed by atoms with van der Waals surface area (Å²) < 4.78 is 0. The van der Waals surface area contributed by atoms with Gasteiger partial charge in [0, 0.05) is 25.6 Å². The Morgan fingerprint density at radius 1 is 1.07 bits per heavy atom. The van der Waals surface area contributed by atoms with Gasteiger partial charge in [-0.1, -0.05) is 55.3 Å². The van der Waals surface area contributed by atoms with Crippen molar-refractivity contribution in [1.29, 1.82) is 0 Å². The molecule has 1 aliphatic carbocycles. The summed E-state index contributed by atoms with van der Waals surface area (Å²) in [5.74, 6) is -0.0522. The van der Waals surface area contributed by atoms with Crippen molar-refractivity contribution in [1.82, 2.24) is 0 Å². The second-order valence-electron chi connectivity index (χ2n) is 6.84. The van der Waals surface area contributed by atoms with E-state index >= 15 is 0 Å². The van der Waals surface area contributed by atoms with E-state index in [9.17, 15) is 4.79 Å². The summed E-state index contributed by atoms with van der Waals surface area (Å²) in [5.41, 5.74) is 9.10. The molecule has 3 rings (SSSR count). The van der Waals surface area contributed by atoms with Gasteiger partial charge in [0.15, 0.2) is 0 Å². The normalized spacial score (nSPS) is 14.6. The number of anilines is 2. The molecule has 148 valence electrons. The van der Waals surface area contributed by atoms with Crippen LogP contribution in [0.4, 0.5) is 11.4 Å². The van der Waals surface area contributed by atoms with Crippen LogP contribution in [0.2, 0.25) is 0 Å². The summed E-state index contributed by atoms with van der Waals surface area (Å²) >= 11 is 0. The van der Waals surface area contributed by atoms with Gasteiger partial charge in [0.2, 0.25) is 5.91 Å². The zero-order chi connectivity index (χ0) is 17.6. The van der Waals surface area contributed by atoms with E-state index < -0.39 is 0 Å². The maximum Gasteiger partial charge on any atom is 0.226 e. The molecule has 0 saturated heterocycles. The second kappa shape index (κ2) is 11.2. The summed E-state index contributed by atoms with van der Waals surface area (Å²) in [4.78, 5) is 14.8. The smallest absolute Gasteiger partial charge is 0.226 e. The third kappa shape index (κ3) is 6.13. The SMILES string of the molecule is CN(c1ccccc1NC(=O)CC(N)c1ccccc1)C1CCCC1.Cl.Cl. The molecule has 0 heterocycles. The first kappa shape index (κ1) is 23.3. The number of nitrogens with one attached hydrogen (secondary N) is 1. The lowest BCUT2D eigenvalue weighted by Crippen LogP contribution is -2.30. The van der Waals surface area contributed by atoms with Crippen molar-refractivity contribution in [2.45, 2.75) is 44.2 Å². The van der Waals surface area contributed by atoms with Crippen molar-refractivity contribution in [2.75, 3.05) is 17.3 Å². The third-order valence-corrected chi connectivity index (χ3v) is 5.06. The number of para-hydroxylation sites is 2. The van der Waals surface area contributed by atoms with Crippen molar-refractivity contribution < 1.29 is 4.79 Å². The van der Waals surface area contributed by atoms with E-state index in [1.165, 1.54) is 25.7 Å². The maximum absolute atomic E-state index is 12.5. The highest BCUT2D eigenvalue weighted by Crippen LogP contribution is 2.32. The lowest BCUT2D eigenvalue weighted by atomic mass is 10.0. The fourth-order valence-electron chi connectivity index (χ4n) is 3.59. The highest BCUT2D eigenvalue weighted by molar-refractivity contribution is 5.94. The highest BCUT2D eigenvalue weighted by atomic mass is 35.5. The van der Waals surface area contributed by atoms with Crippen LogP contribution in [0.1, 0.15) is 43.7 Å². The van der Waals surface area contributed by atoms with E-state index in [1.54, 1.807) is 0 Å². The minimum atomic E-state index is -0.291. The van der Waals surface area contributed by atoms with Crippen molar-refractivity contribution in [2.24, 2.45) is 5.73 Å². The average Bonchev–Trinajstić information content (AvgIpc) is 3.17. The van der Waals surface area contributed by atoms with Crippen LogP contribution in [-0.4, -0.2) is 19.0 Å². The molecule has 2 aromatic rings. The Bertz CT molecular complexity index is 706. The van der Waals surface area contributed by atoms with E-state index in [4.69, 9.17) is 5.73 Å². The molecule has 0 aliphatic heterocycles. The zero-order valence-electron chi connectivity index (χ0n) is 15.6. The molecule has 3 N–H and O–H groups in total. The Kier molecular flexibility index (Phi) is 9.64. The van der Waals surface area contributed by atoms with Gasteiger partial charge in [0.25, 0.3) is 0 Å². The second-order valence-corrected chi connectivity index (χ2v) is 6.84. The first-order chi connectivity index (χ1) is 12.1. The van der Waals surface area contributed by atoms with Crippen LogP contribution in [0.3, 0.4) is 0 Å². The number of carbonyl (C=O) groups excluding carboxylic acids is 1. The monoisotopic (exact) mass is 409 g/mol. The minimum Gasteiger partial charge on any atom is -0.370 e. The number of hydrogen-bond acceptors (Lipinski definition) is 3. The number of rotatable bonds is 6. The Morgan fingerprint density at radius 3 is 2.33 bits per heavy atom. The van der Waals surface area contributed by atoms with Gasteiger partial charge in [-0.3, -0.25) is 4.79 Å². The number of hydrogen-bond donors (Lipinski definition) is 2. The number of nitrogens with two attached hydrogens (primary N) is 1. The number of halogens is 2. The van der Waals surface area contributed by atoms with Crippen molar-refractivity contribution in [3.63, 3.8) is 0 Å². The van der Waals surface area contributed by atoms with Gasteiger partial charge in [-0.05, 0) is 30.5 Å². The van der Waals surface area contributed by atoms with E-state index in [1.807, 2.05) is 48.5 Å². The van der Waals surface area contributed by atoms with Crippen LogP contribution in [0.15, 0.2) is 54.6 Å². The summed E-state index contributed by atoms with van der Waals surface area (Å²) in [6.45, 7) is 0. The molecule has 1 amide bonds. The van der Waals surface area contributed by atoms with Gasteiger partial charge >= 0.3 is 0 Å². The highest BCUT2D eigenvalue weighted by Gasteiger charge is 2.22. The van der Waals surface area contributed by atoms with E-state index in [-0.39, 0.29) is 43.2 Å². The summed E-state index contributed by atoms with van der Waals surface area (Å²) in [6, 6.07) is 18.0. The van der Waals surface area contributed by atoms with Crippen LogP contribution in [-0.2, 0) is 4.79 Å². The quantitative estimate of drug-likeness (QED) is 0.710. The van der Waals surface area contributed by atoms with Gasteiger partial charge in [0.1, 0.15) is 0 Å².